The second-order valence-electron chi connectivity index (χ2n) is 21.7. The van der Waals surface area contributed by atoms with Gasteiger partial charge in [-0.1, -0.05) is 12.8 Å². The van der Waals surface area contributed by atoms with Crippen LogP contribution in [0.4, 0.5) is 0 Å². The first-order chi connectivity index (χ1) is 44.0. The number of unbranched alkanes of at least 4 members (excludes halogenated alkanes) is 6. The minimum Gasteiger partial charge on any atom is -0.480 e. The Morgan fingerprint density at radius 2 is 0.796 bits per heavy atom. The number of carbonyl (C=O) groups is 15. The number of aliphatic carboxylic acids is 9. The van der Waals surface area contributed by atoms with E-state index in [0.717, 1.165) is 38.9 Å². The predicted octanol–water partition coefficient (Wildman–Crippen LogP) is -2.50. The number of imide groups is 1. The van der Waals surface area contributed by atoms with Gasteiger partial charge in [-0.15, -0.1) is 11.8 Å². The lowest BCUT2D eigenvalue weighted by Crippen LogP contribution is -2.59. The van der Waals surface area contributed by atoms with E-state index in [4.69, 9.17) is 19.3 Å². The summed E-state index contributed by atoms with van der Waals surface area (Å²) >= 11 is 1.31. The predicted molar refractivity (Wildman–Crippen MR) is 320 cm³/mol. The van der Waals surface area contributed by atoms with Crippen LogP contribution in [-0.4, -0.2) is 306 Å². The van der Waals surface area contributed by atoms with Crippen molar-refractivity contribution in [2.75, 3.05) is 117 Å². The Labute approximate surface area is 539 Å². The van der Waals surface area contributed by atoms with Crippen LogP contribution in [0.2, 0.25) is 0 Å². The first-order valence-electron chi connectivity index (χ1n) is 30.1. The Hall–Kier alpha value is -7.68. The fourth-order valence-corrected chi connectivity index (χ4v) is 10.7. The molecule has 0 aliphatic carbocycles. The van der Waals surface area contributed by atoms with E-state index < -0.39 is 184 Å². The lowest BCUT2D eigenvalue weighted by atomic mass is 10.0. The number of likely N-dealkylation sites (tertiary alicyclic amines) is 1. The second kappa shape index (κ2) is 47.2. The highest BCUT2D eigenvalue weighted by atomic mass is 32.2. The van der Waals surface area contributed by atoms with Crippen molar-refractivity contribution in [1.82, 2.24) is 40.9 Å². The minimum atomic E-state index is -1.71. The number of aliphatic hydroxyl groups is 1. The first kappa shape index (κ1) is 83.3. The molecule has 14 N–H and O–H groups in total. The highest BCUT2D eigenvalue weighted by Crippen LogP contribution is 2.27. The summed E-state index contributed by atoms with van der Waals surface area (Å²) in [4.78, 5) is 186. The third-order valence-corrected chi connectivity index (χ3v) is 15.3. The molecule has 37 heteroatoms. The van der Waals surface area contributed by atoms with Gasteiger partial charge in [0.05, 0.1) is 84.2 Å². The molecule has 1 aliphatic heterocycles. The molecular weight excluding hydrogens is 1260 g/mol. The van der Waals surface area contributed by atoms with E-state index >= 15 is 0 Å². The highest BCUT2D eigenvalue weighted by molar-refractivity contribution is 8.00. The number of hydrogen-bond acceptors (Lipinski definition) is 23. The molecule has 0 aromatic rings. The minimum absolute atomic E-state index is 0.0129. The molecular formula is C56H90N8O28S. The van der Waals surface area contributed by atoms with E-state index in [-0.39, 0.29) is 136 Å². The fourth-order valence-electron chi connectivity index (χ4n) is 9.51. The summed E-state index contributed by atoms with van der Waals surface area (Å²) in [6.45, 7) is -7.74. The van der Waals surface area contributed by atoms with E-state index in [0.29, 0.717) is 12.2 Å². The van der Waals surface area contributed by atoms with Crippen molar-refractivity contribution >= 4 is 101 Å². The van der Waals surface area contributed by atoms with Gasteiger partial charge in [0.15, 0.2) is 0 Å². The van der Waals surface area contributed by atoms with Crippen LogP contribution in [0.5, 0.6) is 0 Å². The Morgan fingerprint density at radius 1 is 0.462 bits per heavy atom. The third kappa shape index (κ3) is 38.2. The van der Waals surface area contributed by atoms with Crippen LogP contribution in [0, 0.1) is 0 Å². The Kier molecular flexibility index (Phi) is 42.3. The average molecular weight is 1360 g/mol. The zero-order chi connectivity index (χ0) is 69.9. The van der Waals surface area contributed by atoms with Gasteiger partial charge in [0, 0.05) is 64.9 Å². The molecule has 0 aromatic carbocycles. The number of ether oxygens (including phenoxy) is 3. The van der Waals surface area contributed by atoms with Crippen LogP contribution in [-0.2, 0) is 86.1 Å². The first-order valence-corrected chi connectivity index (χ1v) is 31.2. The Morgan fingerprint density at radius 3 is 1.11 bits per heavy atom. The van der Waals surface area contributed by atoms with Crippen molar-refractivity contribution < 1.29 is 137 Å². The zero-order valence-electron chi connectivity index (χ0n) is 51.8. The normalized spacial score (nSPS) is 14.7. The number of hydrogen-bond donors (Lipinski definition) is 14. The lowest BCUT2D eigenvalue weighted by molar-refractivity contribution is -0.152. The summed E-state index contributed by atoms with van der Waals surface area (Å²) in [5.74, 6) is -15.8. The van der Waals surface area contributed by atoms with Gasteiger partial charge in [-0.2, -0.15) is 0 Å². The van der Waals surface area contributed by atoms with Gasteiger partial charge in [-0.3, -0.25) is 91.5 Å². The van der Waals surface area contributed by atoms with Crippen LogP contribution in [0.3, 0.4) is 0 Å². The zero-order valence-corrected chi connectivity index (χ0v) is 52.6. The number of thioether (sulfide) groups is 1. The SMILES string of the molecule is O=C(O)CN(CC(=O)O)C(CCCCNC(=O)CCOCC(COCCC(=O)NCCCCC(C(=O)O)N(CC(=O)O)CC(=O)O)(COCCC(=O)NCCCCC(C(=O)O)N(CC(=O)O)CC(=O)O)NC(=O)CCN1C(=O)CC(SCCCCCCO)C1=O)C(=O)O. The van der Waals surface area contributed by atoms with Crippen molar-refractivity contribution in [2.45, 2.75) is 144 Å². The average Bonchev–Trinajstić information content (AvgIpc) is 1.76. The maximum absolute atomic E-state index is 14.0. The summed E-state index contributed by atoms with van der Waals surface area (Å²) in [5.41, 5.74) is -1.71. The van der Waals surface area contributed by atoms with Gasteiger partial charge in [-0.25, -0.2) is 0 Å². The fraction of sp³-hybridized carbons (Fsp3) is 0.732. The van der Waals surface area contributed by atoms with E-state index in [1.807, 2.05) is 0 Å². The molecule has 528 valence electrons. The van der Waals surface area contributed by atoms with Gasteiger partial charge in [0.1, 0.15) is 23.7 Å². The van der Waals surface area contributed by atoms with Crippen molar-refractivity contribution in [3.8, 4) is 0 Å². The van der Waals surface area contributed by atoms with Crippen LogP contribution in [0.1, 0.15) is 116 Å². The number of aliphatic hydroxyl groups excluding tert-OH is 1. The molecule has 4 atom stereocenters. The van der Waals surface area contributed by atoms with Gasteiger partial charge in [0.25, 0.3) is 0 Å². The molecule has 0 radical (unpaired) electrons. The topological polar surface area (TPSA) is 547 Å². The van der Waals surface area contributed by atoms with E-state index in [1.54, 1.807) is 0 Å². The molecule has 0 spiro atoms. The Balaban J connectivity index is 3.32. The van der Waals surface area contributed by atoms with Gasteiger partial charge in [-0.05, 0) is 76.4 Å². The summed E-state index contributed by atoms with van der Waals surface area (Å²) in [6, 6.07) is -4.36. The lowest BCUT2D eigenvalue weighted by Gasteiger charge is -2.34. The van der Waals surface area contributed by atoms with Crippen LogP contribution < -0.4 is 21.3 Å². The van der Waals surface area contributed by atoms with E-state index in [2.05, 4.69) is 21.3 Å². The largest absolute Gasteiger partial charge is 0.480 e. The smallest absolute Gasteiger partial charge is 0.320 e. The molecule has 1 rings (SSSR count). The molecule has 6 amide bonds. The quantitative estimate of drug-likeness (QED) is 0.0221. The van der Waals surface area contributed by atoms with Crippen LogP contribution in [0.15, 0.2) is 0 Å². The molecule has 1 fully saturated rings. The van der Waals surface area contributed by atoms with Crippen LogP contribution >= 0.6 is 11.8 Å². The van der Waals surface area contributed by atoms with Gasteiger partial charge < -0.3 is 86.5 Å². The second-order valence-corrected chi connectivity index (χ2v) is 23.1. The van der Waals surface area contributed by atoms with E-state index in [9.17, 15) is 118 Å². The van der Waals surface area contributed by atoms with Crippen molar-refractivity contribution in [2.24, 2.45) is 0 Å². The van der Waals surface area contributed by atoms with Crippen molar-refractivity contribution in [3.05, 3.63) is 0 Å². The molecule has 93 heavy (non-hydrogen) atoms. The third-order valence-electron chi connectivity index (χ3n) is 14.0. The molecule has 1 saturated heterocycles. The van der Waals surface area contributed by atoms with Crippen molar-refractivity contribution in [1.29, 1.82) is 0 Å². The molecule has 4 unspecified atom stereocenters. The summed E-state index contributed by atoms with van der Waals surface area (Å²) in [6.07, 6.45) is 2.08. The molecule has 1 heterocycles. The number of carboxylic acid groups (broad SMARTS) is 9. The summed E-state index contributed by atoms with van der Waals surface area (Å²) < 4.78 is 17.8. The van der Waals surface area contributed by atoms with Crippen molar-refractivity contribution in [3.63, 3.8) is 0 Å². The van der Waals surface area contributed by atoms with Crippen LogP contribution in [0.25, 0.3) is 0 Å². The van der Waals surface area contributed by atoms with E-state index in [1.165, 1.54) is 11.8 Å². The maximum atomic E-state index is 14.0. The Bertz CT molecular complexity index is 2230. The number of nitrogens with zero attached hydrogens (tertiary/aromatic N) is 4. The molecule has 0 bridgehead atoms. The summed E-state index contributed by atoms with van der Waals surface area (Å²) in [7, 11) is 0. The number of nitrogens with one attached hydrogen (secondary N) is 4. The molecule has 0 aromatic heterocycles. The van der Waals surface area contributed by atoms with Gasteiger partial charge >= 0.3 is 53.7 Å². The molecule has 1 aliphatic rings. The highest BCUT2D eigenvalue weighted by Gasteiger charge is 2.40. The monoisotopic (exact) mass is 1350 g/mol. The number of carboxylic acids is 9. The number of amides is 6. The molecule has 0 saturated carbocycles. The van der Waals surface area contributed by atoms with Gasteiger partial charge in [0.2, 0.25) is 35.4 Å². The molecule has 36 nitrogen and oxygen atoms in total. The standard InChI is InChI=1S/C56H90N8O28S/c65-22-9-1-2-10-26-93-40-27-45(70)64(52(40)83)21-14-44(69)60-56(34-90-23-15-41(66)57-18-6-3-11-37(53(84)85)61(28-46(71)72)29-47(73)74,35-91-24-16-42(67)58-19-7-4-12-38(54(86)87)62(30-48(75)76)31-49(77)78)36-92-25-17-43(68)59-20-8-5-13-39(55(88)89)63(32-50(79)80)33-51(81)82/h37-40,65H,1-36H2,(H,57,66)(H,58,67)(H,59,68)(H,60,69)(H,71,72)(H,73,74)(H,75,76)(H,77,78)(H,79,80)(H,81,82)(H,84,85)(H,86,87)(H,88,89). The maximum Gasteiger partial charge on any atom is 0.320 e. The number of carbonyl (C=O) groups excluding carboxylic acids is 6. The summed E-state index contributed by atoms with van der Waals surface area (Å²) in [5, 5.41) is 103. The number of rotatable bonds is 59.